The molecule has 0 atom stereocenters. The minimum absolute atomic E-state index is 0.344. The summed E-state index contributed by atoms with van der Waals surface area (Å²) in [6.07, 6.45) is 4.76. The van der Waals surface area contributed by atoms with Gasteiger partial charge in [0.25, 0.3) is 5.91 Å². The van der Waals surface area contributed by atoms with Gasteiger partial charge in [-0.1, -0.05) is 6.07 Å². The van der Waals surface area contributed by atoms with Crippen LogP contribution in [-0.2, 0) is 4.74 Å². The average molecular weight is 310 g/mol. The number of esters is 1. The first-order chi connectivity index (χ1) is 11.1. The van der Waals surface area contributed by atoms with Crippen LogP contribution in [0.15, 0.2) is 42.9 Å². The van der Waals surface area contributed by atoms with Gasteiger partial charge < -0.3 is 10.1 Å². The lowest BCUT2D eigenvalue weighted by molar-refractivity contribution is 0.0600. The number of amides is 1. The molecule has 2 heterocycles. The lowest BCUT2D eigenvalue weighted by Gasteiger charge is -2.09. The molecule has 0 saturated heterocycles. The van der Waals surface area contributed by atoms with Crippen molar-refractivity contribution in [2.75, 3.05) is 12.4 Å². The Labute approximate surface area is 131 Å². The summed E-state index contributed by atoms with van der Waals surface area (Å²) in [7, 11) is 1.31. The number of carbonyl (C=O) groups excluding carboxylic acids is 2. The number of benzene rings is 1. The molecule has 0 spiro atoms. The zero-order valence-electron chi connectivity index (χ0n) is 12.6. The molecule has 1 amide bonds. The van der Waals surface area contributed by atoms with Gasteiger partial charge in [-0.05, 0) is 30.7 Å². The Morgan fingerprint density at radius 2 is 2.13 bits per heavy atom. The SMILES string of the molecule is COC(=O)c1ccc(C)c(NC(=O)c2cnn3cccnc23)c1. The van der Waals surface area contributed by atoms with E-state index in [9.17, 15) is 9.59 Å². The summed E-state index contributed by atoms with van der Waals surface area (Å²) in [5, 5.41) is 6.87. The summed E-state index contributed by atoms with van der Waals surface area (Å²) in [6.45, 7) is 1.84. The minimum atomic E-state index is -0.460. The molecule has 0 unspecified atom stereocenters. The van der Waals surface area contributed by atoms with E-state index in [-0.39, 0.29) is 5.91 Å². The van der Waals surface area contributed by atoms with E-state index < -0.39 is 5.97 Å². The molecule has 3 aromatic rings. The van der Waals surface area contributed by atoms with Crippen LogP contribution in [0.4, 0.5) is 5.69 Å². The zero-order chi connectivity index (χ0) is 16.4. The van der Waals surface area contributed by atoms with E-state index in [0.29, 0.717) is 22.5 Å². The Kier molecular flexibility index (Phi) is 3.76. The predicted molar refractivity (Wildman–Crippen MR) is 83.5 cm³/mol. The van der Waals surface area contributed by atoms with Crippen molar-refractivity contribution in [3.05, 3.63) is 59.5 Å². The number of aromatic nitrogens is 3. The highest BCUT2D eigenvalue weighted by molar-refractivity contribution is 6.08. The van der Waals surface area contributed by atoms with Crippen LogP contribution in [0.25, 0.3) is 5.65 Å². The number of rotatable bonds is 3. The van der Waals surface area contributed by atoms with Crippen LogP contribution in [0.5, 0.6) is 0 Å². The van der Waals surface area contributed by atoms with Gasteiger partial charge >= 0.3 is 5.97 Å². The Balaban J connectivity index is 1.92. The van der Waals surface area contributed by atoms with E-state index in [0.717, 1.165) is 5.56 Å². The normalized spacial score (nSPS) is 10.5. The first-order valence-electron chi connectivity index (χ1n) is 6.89. The maximum absolute atomic E-state index is 12.5. The summed E-state index contributed by atoms with van der Waals surface area (Å²) in [5.74, 6) is -0.804. The first kappa shape index (κ1) is 14.7. The number of carbonyl (C=O) groups is 2. The standard InChI is InChI=1S/C16H14N4O3/c1-10-4-5-11(16(22)23-2)8-13(10)19-15(21)12-9-18-20-7-3-6-17-14(12)20/h3-9H,1-2H3,(H,19,21). The second kappa shape index (κ2) is 5.88. The van der Waals surface area contributed by atoms with Crippen LogP contribution < -0.4 is 5.32 Å². The second-order valence-electron chi connectivity index (χ2n) is 4.92. The first-order valence-corrected chi connectivity index (χ1v) is 6.89. The number of hydrogen-bond donors (Lipinski definition) is 1. The predicted octanol–water partition coefficient (Wildman–Crippen LogP) is 2.08. The fourth-order valence-corrected chi connectivity index (χ4v) is 2.18. The van der Waals surface area contributed by atoms with Crippen molar-refractivity contribution in [3.63, 3.8) is 0 Å². The molecule has 23 heavy (non-hydrogen) atoms. The van der Waals surface area contributed by atoms with Gasteiger partial charge in [0, 0.05) is 18.1 Å². The topological polar surface area (TPSA) is 85.6 Å². The molecule has 7 heteroatoms. The van der Waals surface area contributed by atoms with Crippen LogP contribution in [0, 0.1) is 6.92 Å². The van der Waals surface area contributed by atoms with Gasteiger partial charge in [0.1, 0.15) is 5.56 Å². The van der Waals surface area contributed by atoms with Crippen molar-refractivity contribution in [1.82, 2.24) is 14.6 Å². The van der Waals surface area contributed by atoms with Gasteiger partial charge in [0.05, 0.1) is 18.9 Å². The molecule has 0 saturated carbocycles. The van der Waals surface area contributed by atoms with Gasteiger partial charge in [-0.2, -0.15) is 5.10 Å². The van der Waals surface area contributed by atoms with E-state index in [4.69, 9.17) is 4.74 Å². The third-order valence-corrected chi connectivity index (χ3v) is 3.43. The summed E-state index contributed by atoms with van der Waals surface area (Å²) < 4.78 is 6.21. The Morgan fingerprint density at radius 3 is 2.91 bits per heavy atom. The lowest BCUT2D eigenvalue weighted by atomic mass is 10.1. The second-order valence-corrected chi connectivity index (χ2v) is 4.92. The molecule has 1 aromatic carbocycles. The Hall–Kier alpha value is -3.22. The van der Waals surface area contributed by atoms with E-state index >= 15 is 0 Å². The maximum atomic E-state index is 12.5. The number of ether oxygens (including phenoxy) is 1. The molecular weight excluding hydrogens is 296 g/mol. The molecule has 0 aliphatic heterocycles. The molecule has 3 rings (SSSR count). The molecule has 0 aliphatic rings. The van der Waals surface area contributed by atoms with Crippen LogP contribution in [-0.4, -0.2) is 33.6 Å². The third-order valence-electron chi connectivity index (χ3n) is 3.43. The summed E-state index contributed by atoms with van der Waals surface area (Å²) in [4.78, 5) is 28.2. The van der Waals surface area contributed by atoms with E-state index in [1.54, 1.807) is 36.7 Å². The van der Waals surface area contributed by atoms with Gasteiger partial charge in [0.2, 0.25) is 0 Å². The fraction of sp³-hybridized carbons (Fsp3) is 0.125. The molecule has 0 radical (unpaired) electrons. The molecule has 0 fully saturated rings. The molecule has 0 bridgehead atoms. The average Bonchev–Trinajstić information content (AvgIpc) is 3.00. The number of hydrogen-bond acceptors (Lipinski definition) is 5. The summed E-state index contributed by atoms with van der Waals surface area (Å²) >= 11 is 0. The van der Waals surface area contributed by atoms with Crippen molar-refractivity contribution < 1.29 is 14.3 Å². The third kappa shape index (κ3) is 2.76. The molecular formula is C16H14N4O3. The van der Waals surface area contributed by atoms with Crippen molar-refractivity contribution in [3.8, 4) is 0 Å². The van der Waals surface area contributed by atoms with Crippen LogP contribution in [0.2, 0.25) is 0 Å². The van der Waals surface area contributed by atoms with Crippen LogP contribution in [0.1, 0.15) is 26.3 Å². The Morgan fingerprint density at radius 1 is 1.30 bits per heavy atom. The number of methoxy groups -OCH3 is 1. The monoisotopic (exact) mass is 310 g/mol. The number of aryl methyl sites for hydroxylation is 1. The molecule has 2 aromatic heterocycles. The zero-order valence-corrected chi connectivity index (χ0v) is 12.6. The van der Waals surface area contributed by atoms with Gasteiger partial charge in [-0.3, -0.25) is 4.79 Å². The summed E-state index contributed by atoms with van der Waals surface area (Å²) in [5.41, 5.74) is 2.55. The smallest absolute Gasteiger partial charge is 0.337 e. The minimum Gasteiger partial charge on any atom is -0.465 e. The number of anilines is 1. The number of nitrogens with one attached hydrogen (secondary N) is 1. The molecule has 7 nitrogen and oxygen atoms in total. The lowest BCUT2D eigenvalue weighted by Crippen LogP contribution is -2.14. The number of nitrogens with zero attached hydrogens (tertiary/aromatic N) is 3. The maximum Gasteiger partial charge on any atom is 0.337 e. The highest BCUT2D eigenvalue weighted by Crippen LogP contribution is 2.19. The van der Waals surface area contributed by atoms with E-state index in [2.05, 4.69) is 15.4 Å². The van der Waals surface area contributed by atoms with Crippen molar-refractivity contribution in [1.29, 1.82) is 0 Å². The summed E-state index contributed by atoms with van der Waals surface area (Å²) in [6, 6.07) is 6.70. The Bertz CT molecular complexity index is 901. The van der Waals surface area contributed by atoms with Crippen molar-refractivity contribution in [2.24, 2.45) is 0 Å². The number of fused-ring (bicyclic) bond motifs is 1. The van der Waals surface area contributed by atoms with E-state index in [1.165, 1.54) is 17.8 Å². The highest BCUT2D eigenvalue weighted by atomic mass is 16.5. The van der Waals surface area contributed by atoms with Crippen molar-refractivity contribution in [2.45, 2.75) is 6.92 Å². The molecule has 0 aliphatic carbocycles. The van der Waals surface area contributed by atoms with Crippen LogP contribution >= 0.6 is 0 Å². The fourth-order valence-electron chi connectivity index (χ4n) is 2.18. The van der Waals surface area contributed by atoms with E-state index in [1.807, 2.05) is 6.92 Å². The van der Waals surface area contributed by atoms with Crippen LogP contribution in [0.3, 0.4) is 0 Å². The van der Waals surface area contributed by atoms with Gasteiger partial charge in [-0.15, -0.1) is 0 Å². The van der Waals surface area contributed by atoms with Crippen molar-refractivity contribution >= 4 is 23.2 Å². The molecule has 116 valence electrons. The van der Waals surface area contributed by atoms with Gasteiger partial charge in [0.15, 0.2) is 5.65 Å². The highest BCUT2D eigenvalue weighted by Gasteiger charge is 2.16. The van der Waals surface area contributed by atoms with Gasteiger partial charge in [-0.25, -0.2) is 14.3 Å². The molecule has 1 N–H and O–H groups in total. The largest absolute Gasteiger partial charge is 0.465 e. The quantitative estimate of drug-likeness (QED) is 0.749.